The third-order valence-corrected chi connectivity index (χ3v) is 3.35. The van der Waals surface area contributed by atoms with E-state index in [1.165, 1.54) is 0 Å². The Morgan fingerprint density at radius 1 is 1.32 bits per heavy atom. The van der Waals surface area contributed by atoms with Crippen LogP contribution in [0.5, 0.6) is 0 Å². The van der Waals surface area contributed by atoms with Gasteiger partial charge in [-0.1, -0.05) is 13.8 Å². The van der Waals surface area contributed by atoms with Gasteiger partial charge in [0.05, 0.1) is 9.77 Å². The molecule has 0 spiro atoms. The number of anilines is 1. The lowest BCUT2D eigenvalue weighted by molar-refractivity contribution is 0.801. The van der Waals surface area contributed by atoms with Crippen LogP contribution in [0.1, 0.15) is 31.7 Å². The molecule has 0 aliphatic rings. The summed E-state index contributed by atoms with van der Waals surface area (Å²) in [5.74, 6) is 2.60. The maximum Gasteiger partial charge on any atom is 0.162 e. The van der Waals surface area contributed by atoms with Crippen molar-refractivity contribution in [3.05, 3.63) is 27.4 Å². The molecule has 0 aliphatic carbocycles. The van der Waals surface area contributed by atoms with Gasteiger partial charge in [0, 0.05) is 24.7 Å². The summed E-state index contributed by atoms with van der Waals surface area (Å²) in [6.45, 7) is 7.14. The largest absolute Gasteiger partial charge is 0.370 e. The Morgan fingerprint density at radius 3 is 2.68 bits per heavy atom. The number of aryl methyl sites for hydroxylation is 1. The molecule has 102 valence electrons. The van der Waals surface area contributed by atoms with E-state index in [0.29, 0.717) is 0 Å². The molecule has 0 atom stereocenters. The zero-order valence-electron chi connectivity index (χ0n) is 11.4. The summed E-state index contributed by atoms with van der Waals surface area (Å²) in [6.07, 6.45) is 5.68. The highest BCUT2D eigenvalue weighted by Gasteiger charge is 2.12. The first-order valence-corrected chi connectivity index (χ1v) is 7.55. The summed E-state index contributed by atoms with van der Waals surface area (Å²) in [6, 6.07) is 0. The normalized spacial score (nSPS) is 10.7. The van der Waals surface area contributed by atoms with Crippen molar-refractivity contribution in [3.8, 4) is 5.82 Å². The highest BCUT2D eigenvalue weighted by atomic mass is 127. The maximum absolute atomic E-state index is 4.59. The summed E-state index contributed by atoms with van der Waals surface area (Å²) in [4.78, 5) is 9.15. The molecule has 2 aromatic heterocycles. The van der Waals surface area contributed by atoms with Gasteiger partial charge in [0.1, 0.15) is 11.6 Å². The average molecular weight is 371 g/mol. The predicted molar refractivity (Wildman–Crippen MR) is 84.8 cm³/mol. The van der Waals surface area contributed by atoms with E-state index in [1.807, 2.05) is 24.0 Å². The quantitative estimate of drug-likeness (QED) is 0.822. The second-order valence-corrected chi connectivity index (χ2v) is 5.57. The number of halogens is 1. The number of rotatable bonds is 5. The molecule has 0 fully saturated rings. The van der Waals surface area contributed by atoms with Crippen LogP contribution in [0.2, 0.25) is 0 Å². The van der Waals surface area contributed by atoms with Gasteiger partial charge in [0.25, 0.3) is 0 Å². The molecule has 1 N–H and O–H groups in total. The molecule has 2 rings (SSSR count). The fourth-order valence-corrected chi connectivity index (χ4v) is 2.15. The number of nitrogens with zero attached hydrogens (tertiary/aromatic N) is 4. The van der Waals surface area contributed by atoms with Gasteiger partial charge in [-0.3, -0.25) is 0 Å². The second-order valence-electron chi connectivity index (χ2n) is 4.32. The van der Waals surface area contributed by atoms with Crippen LogP contribution >= 0.6 is 22.6 Å². The molecule has 0 amide bonds. The van der Waals surface area contributed by atoms with E-state index >= 15 is 0 Å². The van der Waals surface area contributed by atoms with E-state index in [2.05, 4.69) is 56.8 Å². The third kappa shape index (κ3) is 3.23. The van der Waals surface area contributed by atoms with Gasteiger partial charge in [-0.2, -0.15) is 5.10 Å². The Labute approximate surface area is 127 Å². The van der Waals surface area contributed by atoms with E-state index < -0.39 is 0 Å². The number of hydrogen-bond donors (Lipinski definition) is 1. The van der Waals surface area contributed by atoms with Gasteiger partial charge in [-0.15, -0.1) is 0 Å². The van der Waals surface area contributed by atoms with Gasteiger partial charge in [-0.05, 0) is 35.9 Å². The number of aromatic nitrogens is 4. The molecule has 0 saturated carbocycles. The molecular weight excluding hydrogens is 353 g/mol. The number of hydrogen-bond acceptors (Lipinski definition) is 4. The summed E-state index contributed by atoms with van der Waals surface area (Å²) in [7, 11) is 0. The monoisotopic (exact) mass is 371 g/mol. The molecule has 0 radical (unpaired) electrons. The standard InChI is InChI=1S/C13H18IN5/c1-4-6-15-12-9(3)13(18-11(5-2)17-12)19-8-10(14)7-16-19/h7-8H,4-6H2,1-3H3,(H,15,17,18). The molecule has 0 aliphatic heterocycles. The Kier molecular flexibility index (Phi) is 4.73. The van der Waals surface area contributed by atoms with Crippen LogP contribution in [0.3, 0.4) is 0 Å². The van der Waals surface area contributed by atoms with Crippen LogP contribution in [0.25, 0.3) is 5.82 Å². The Balaban J connectivity index is 2.47. The third-order valence-electron chi connectivity index (χ3n) is 2.79. The van der Waals surface area contributed by atoms with Crippen molar-refractivity contribution in [2.75, 3.05) is 11.9 Å². The van der Waals surface area contributed by atoms with Crippen molar-refractivity contribution < 1.29 is 0 Å². The van der Waals surface area contributed by atoms with Crippen LogP contribution in [0.15, 0.2) is 12.4 Å². The Hall–Kier alpha value is -1.18. The van der Waals surface area contributed by atoms with E-state index in [-0.39, 0.29) is 0 Å². The van der Waals surface area contributed by atoms with Crippen LogP contribution in [-0.2, 0) is 6.42 Å². The lowest BCUT2D eigenvalue weighted by Crippen LogP contribution is -2.12. The van der Waals surface area contributed by atoms with Gasteiger partial charge in [0.2, 0.25) is 0 Å². The van der Waals surface area contributed by atoms with Crippen LogP contribution < -0.4 is 5.32 Å². The van der Waals surface area contributed by atoms with E-state index in [9.17, 15) is 0 Å². The molecule has 2 heterocycles. The first-order chi connectivity index (χ1) is 9.15. The van der Waals surface area contributed by atoms with Crippen LogP contribution in [-0.4, -0.2) is 26.3 Å². The lowest BCUT2D eigenvalue weighted by Gasteiger charge is -2.13. The van der Waals surface area contributed by atoms with Gasteiger partial charge in [-0.25, -0.2) is 14.6 Å². The van der Waals surface area contributed by atoms with Gasteiger partial charge < -0.3 is 5.32 Å². The molecular formula is C13H18IN5. The van der Waals surface area contributed by atoms with Crippen molar-refractivity contribution >= 4 is 28.4 Å². The van der Waals surface area contributed by atoms with Crippen molar-refractivity contribution in [1.29, 1.82) is 0 Å². The zero-order valence-corrected chi connectivity index (χ0v) is 13.6. The predicted octanol–water partition coefficient (Wildman–Crippen LogP) is 2.96. The Morgan fingerprint density at radius 2 is 2.11 bits per heavy atom. The number of nitrogens with one attached hydrogen (secondary N) is 1. The van der Waals surface area contributed by atoms with Crippen molar-refractivity contribution in [3.63, 3.8) is 0 Å². The molecule has 0 unspecified atom stereocenters. The highest BCUT2D eigenvalue weighted by Crippen LogP contribution is 2.19. The van der Waals surface area contributed by atoms with E-state index in [0.717, 1.165) is 46.0 Å². The molecule has 0 aromatic carbocycles. The molecule has 19 heavy (non-hydrogen) atoms. The lowest BCUT2D eigenvalue weighted by atomic mass is 10.3. The minimum absolute atomic E-state index is 0.812. The smallest absolute Gasteiger partial charge is 0.162 e. The van der Waals surface area contributed by atoms with Gasteiger partial charge in [0.15, 0.2) is 5.82 Å². The first-order valence-electron chi connectivity index (χ1n) is 6.47. The molecule has 2 aromatic rings. The summed E-state index contributed by atoms with van der Waals surface area (Å²) in [5, 5.41) is 7.69. The SMILES string of the molecule is CCCNc1nc(CC)nc(-n2cc(I)cn2)c1C. The summed E-state index contributed by atoms with van der Waals surface area (Å²) >= 11 is 2.25. The summed E-state index contributed by atoms with van der Waals surface area (Å²) < 4.78 is 2.91. The highest BCUT2D eigenvalue weighted by molar-refractivity contribution is 14.1. The second kappa shape index (κ2) is 6.31. The average Bonchev–Trinajstić information content (AvgIpc) is 2.84. The first kappa shape index (κ1) is 14.2. The van der Waals surface area contributed by atoms with Gasteiger partial charge >= 0.3 is 0 Å². The molecule has 0 bridgehead atoms. The molecule has 6 heteroatoms. The topological polar surface area (TPSA) is 55.6 Å². The van der Waals surface area contributed by atoms with Crippen molar-refractivity contribution in [1.82, 2.24) is 19.7 Å². The zero-order chi connectivity index (χ0) is 13.8. The van der Waals surface area contributed by atoms with Crippen molar-refractivity contribution in [2.24, 2.45) is 0 Å². The minimum Gasteiger partial charge on any atom is -0.370 e. The summed E-state index contributed by atoms with van der Waals surface area (Å²) in [5.41, 5.74) is 1.03. The fraction of sp³-hybridized carbons (Fsp3) is 0.462. The van der Waals surface area contributed by atoms with Crippen molar-refractivity contribution in [2.45, 2.75) is 33.6 Å². The fourth-order valence-electron chi connectivity index (χ4n) is 1.76. The van der Waals surface area contributed by atoms with E-state index in [4.69, 9.17) is 0 Å². The maximum atomic E-state index is 4.59. The Bertz CT molecular complexity index is 564. The minimum atomic E-state index is 0.812. The van der Waals surface area contributed by atoms with E-state index in [1.54, 1.807) is 0 Å². The molecule has 5 nitrogen and oxygen atoms in total. The van der Waals surface area contributed by atoms with Crippen LogP contribution in [0, 0.1) is 10.5 Å². The van der Waals surface area contributed by atoms with Crippen LogP contribution in [0.4, 0.5) is 5.82 Å². The molecule has 0 saturated heterocycles.